The molecule has 0 atom stereocenters. The molecule has 0 unspecified atom stereocenters. The Morgan fingerprint density at radius 2 is 1.00 bits per heavy atom. The molecule has 3 heteroatoms. The highest BCUT2D eigenvalue weighted by atomic mass is 14.5. The van der Waals surface area contributed by atoms with Crippen molar-refractivity contribution in [2.24, 2.45) is 11.5 Å². The minimum absolute atomic E-state index is 0.850. The molecule has 0 saturated carbocycles. The lowest BCUT2D eigenvalue weighted by Gasteiger charge is -1.99. The average Bonchev–Trinajstić information content (AvgIpc) is 2.18. The van der Waals surface area contributed by atoms with E-state index in [0.29, 0.717) is 0 Å². The van der Waals surface area contributed by atoms with Crippen LogP contribution in [-0.4, -0.2) is 13.1 Å². The van der Waals surface area contributed by atoms with Crippen LogP contribution in [0, 0.1) is 11.3 Å². The minimum atomic E-state index is 0.850. The molecule has 0 aliphatic carbocycles. The Morgan fingerprint density at radius 1 is 0.786 bits per heavy atom. The van der Waals surface area contributed by atoms with E-state index in [4.69, 9.17) is 16.7 Å². The first kappa shape index (κ1) is 15.9. The highest BCUT2D eigenvalue weighted by molar-refractivity contribution is 4.51. The maximum absolute atomic E-state index is 7.32. The second-order valence-corrected chi connectivity index (χ2v) is 3.28. The van der Waals surface area contributed by atoms with Crippen molar-refractivity contribution in [2.75, 3.05) is 13.1 Å². The maximum atomic E-state index is 7.32. The smallest absolute Gasteiger partial charge is 0.0587 e. The fourth-order valence-electron chi connectivity index (χ4n) is 1.17. The van der Waals surface area contributed by atoms with Crippen molar-refractivity contribution in [3.63, 3.8) is 0 Å². The first-order valence-electron chi connectivity index (χ1n) is 5.54. The summed E-state index contributed by atoms with van der Waals surface area (Å²) in [4.78, 5) is 0. The lowest BCUT2D eigenvalue weighted by atomic mass is 10.1. The SMILES string of the molecule is CC#N.NCCCCCCCCCN. The van der Waals surface area contributed by atoms with Gasteiger partial charge in [-0.1, -0.05) is 32.1 Å². The second kappa shape index (κ2) is 18.2. The molecule has 0 heterocycles. The number of rotatable bonds is 8. The second-order valence-electron chi connectivity index (χ2n) is 3.28. The van der Waals surface area contributed by atoms with Gasteiger partial charge < -0.3 is 11.5 Å². The van der Waals surface area contributed by atoms with Crippen LogP contribution in [0.2, 0.25) is 0 Å². The van der Waals surface area contributed by atoms with Crippen LogP contribution in [0.15, 0.2) is 0 Å². The number of hydrogen-bond acceptors (Lipinski definition) is 3. The molecule has 0 aliphatic rings. The van der Waals surface area contributed by atoms with E-state index in [-0.39, 0.29) is 0 Å². The van der Waals surface area contributed by atoms with Crippen LogP contribution >= 0.6 is 0 Å². The van der Waals surface area contributed by atoms with E-state index in [0.717, 1.165) is 13.1 Å². The van der Waals surface area contributed by atoms with Gasteiger partial charge in [-0.2, -0.15) is 5.26 Å². The number of hydrogen-bond donors (Lipinski definition) is 2. The van der Waals surface area contributed by atoms with Crippen LogP contribution in [0.5, 0.6) is 0 Å². The number of unbranched alkanes of at least 4 members (excludes halogenated alkanes) is 6. The molecular formula is C11H25N3. The maximum Gasteiger partial charge on any atom is 0.0587 e. The fraction of sp³-hybridized carbons (Fsp3) is 0.909. The minimum Gasteiger partial charge on any atom is -0.330 e. The number of nitrogens with two attached hydrogens (primary N) is 2. The molecule has 14 heavy (non-hydrogen) atoms. The molecule has 0 fully saturated rings. The normalized spacial score (nSPS) is 8.71. The van der Waals surface area contributed by atoms with Crippen LogP contribution in [0.3, 0.4) is 0 Å². The van der Waals surface area contributed by atoms with Crippen LogP contribution in [0.4, 0.5) is 0 Å². The van der Waals surface area contributed by atoms with Gasteiger partial charge in [0.1, 0.15) is 0 Å². The molecule has 0 bridgehead atoms. The molecule has 84 valence electrons. The predicted molar refractivity (Wildman–Crippen MR) is 61.7 cm³/mol. The van der Waals surface area contributed by atoms with Crippen LogP contribution in [0.25, 0.3) is 0 Å². The molecule has 0 amide bonds. The molecule has 0 radical (unpaired) electrons. The van der Waals surface area contributed by atoms with E-state index in [2.05, 4.69) is 0 Å². The van der Waals surface area contributed by atoms with Gasteiger partial charge in [-0.3, -0.25) is 0 Å². The summed E-state index contributed by atoms with van der Waals surface area (Å²) < 4.78 is 0. The van der Waals surface area contributed by atoms with Gasteiger partial charge in [-0.25, -0.2) is 0 Å². The van der Waals surface area contributed by atoms with Gasteiger partial charge in [0.05, 0.1) is 6.07 Å². The Labute approximate surface area is 88.5 Å². The molecule has 4 N–H and O–H groups in total. The summed E-state index contributed by atoms with van der Waals surface area (Å²) in [6.07, 6.45) is 9.05. The summed E-state index contributed by atoms with van der Waals surface area (Å²) in [5.74, 6) is 0. The Morgan fingerprint density at radius 3 is 1.21 bits per heavy atom. The molecule has 0 saturated heterocycles. The third-order valence-corrected chi connectivity index (χ3v) is 1.91. The van der Waals surface area contributed by atoms with Crippen molar-refractivity contribution in [3.05, 3.63) is 0 Å². The third kappa shape index (κ3) is 22.5. The van der Waals surface area contributed by atoms with Gasteiger partial charge in [0, 0.05) is 6.92 Å². The lowest BCUT2D eigenvalue weighted by Crippen LogP contribution is -1.98. The van der Waals surface area contributed by atoms with Crippen molar-refractivity contribution in [3.8, 4) is 6.07 Å². The molecular weight excluding hydrogens is 174 g/mol. The summed E-state index contributed by atoms with van der Waals surface area (Å²) in [7, 11) is 0. The zero-order valence-corrected chi connectivity index (χ0v) is 9.47. The first-order chi connectivity index (χ1) is 6.83. The van der Waals surface area contributed by atoms with Crippen LogP contribution in [0.1, 0.15) is 51.9 Å². The van der Waals surface area contributed by atoms with Crippen molar-refractivity contribution in [1.82, 2.24) is 0 Å². The fourth-order valence-corrected chi connectivity index (χ4v) is 1.17. The highest BCUT2D eigenvalue weighted by Crippen LogP contribution is 2.05. The van der Waals surface area contributed by atoms with E-state index >= 15 is 0 Å². The van der Waals surface area contributed by atoms with Gasteiger partial charge in [-0.15, -0.1) is 0 Å². The van der Waals surface area contributed by atoms with Crippen molar-refractivity contribution >= 4 is 0 Å². The molecule has 0 spiro atoms. The zero-order valence-electron chi connectivity index (χ0n) is 9.47. The van der Waals surface area contributed by atoms with Crippen LogP contribution < -0.4 is 11.5 Å². The molecule has 0 rings (SSSR count). The zero-order chi connectivity index (χ0) is 11.1. The van der Waals surface area contributed by atoms with Gasteiger partial charge >= 0.3 is 0 Å². The summed E-state index contributed by atoms with van der Waals surface area (Å²) in [6, 6.07) is 1.75. The van der Waals surface area contributed by atoms with Crippen molar-refractivity contribution < 1.29 is 0 Å². The lowest BCUT2D eigenvalue weighted by molar-refractivity contribution is 0.585. The summed E-state index contributed by atoms with van der Waals surface area (Å²) in [5, 5.41) is 7.32. The molecule has 0 aromatic carbocycles. The van der Waals surface area contributed by atoms with E-state index in [1.165, 1.54) is 51.9 Å². The molecule has 3 nitrogen and oxygen atoms in total. The monoisotopic (exact) mass is 199 g/mol. The Balaban J connectivity index is 0. The van der Waals surface area contributed by atoms with E-state index in [1.807, 2.05) is 0 Å². The Bertz CT molecular complexity index is 110. The van der Waals surface area contributed by atoms with Crippen molar-refractivity contribution in [2.45, 2.75) is 51.9 Å². The Kier molecular flexibility index (Phi) is 20.7. The van der Waals surface area contributed by atoms with Crippen molar-refractivity contribution in [1.29, 1.82) is 5.26 Å². The molecule has 0 aromatic rings. The largest absolute Gasteiger partial charge is 0.330 e. The summed E-state index contributed by atoms with van der Waals surface area (Å²) in [5.41, 5.74) is 10.7. The number of nitrogens with zero attached hydrogens (tertiary/aromatic N) is 1. The van der Waals surface area contributed by atoms with Gasteiger partial charge in [0.15, 0.2) is 0 Å². The highest BCUT2D eigenvalue weighted by Gasteiger charge is 1.89. The van der Waals surface area contributed by atoms with E-state index in [1.54, 1.807) is 6.07 Å². The van der Waals surface area contributed by atoms with Gasteiger partial charge in [-0.05, 0) is 25.9 Å². The Hall–Kier alpha value is -0.590. The van der Waals surface area contributed by atoms with Crippen LogP contribution in [-0.2, 0) is 0 Å². The predicted octanol–water partition coefficient (Wildman–Crippen LogP) is 2.16. The molecule has 0 aromatic heterocycles. The van der Waals surface area contributed by atoms with E-state index < -0.39 is 0 Å². The molecule has 0 aliphatic heterocycles. The quantitative estimate of drug-likeness (QED) is 0.588. The number of nitriles is 1. The summed E-state index contributed by atoms with van der Waals surface area (Å²) in [6.45, 7) is 3.13. The van der Waals surface area contributed by atoms with Gasteiger partial charge in [0.2, 0.25) is 0 Å². The topological polar surface area (TPSA) is 75.8 Å². The third-order valence-electron chi connectivity index (χ3n) is 1.91. The average molecular weight is 199 g/mol. The van der Waals surface area contributed by atoms with Gasteiger partial charge in [0.25, 0.3) is 0 Å². The first-order valence-corrected chi connectivity index (χ1v) is 5.54. The summed E-state index contributed by atoms with van der Waals surface area (Å²) >= 11 is 0. The standard InChI is InChI=1S/C9H22N2.C2H3N/c10-8-6-4-2-1-3-5-7-9-11;1-2-3/h1-11H2;1H3. The van der Waals surface area contributed by atoms with E-state index in [9.17, 15) is 0 Å².